The Morgan fingerprint density at radius 1 is 1.23 bits per heavy atom. The van der Waals surface area contributed by atoms with Crippen LogP contribution in [0.1, 0.15) is 30.2 Å². The molecule has 5 nitrogen and oxygen atoms in total. The molecule has 2 aromatic carbocycles. The molecule has 7 heteroatoms. The number of carbonyl (C=O) groups excluding carboxylic acids is 1. The van der Waals surface area contributed by atoms with Gasteiger partial charge in [0.1, 0.15) is 16.6 Å². The molecule has 0 bridgehead atoms. The van der Waals surface area contributed by atoms with Crippen LogP contribution in [0.5, 0.6) is 0 Å². The van der Waals surface area contributed by atoms with E-state index >= 15 is 0 Å². The predicted octanol–water partition coefficient (Wildman–Crippen LogP) is 4.12. The fourth-order valence-corrected chi connectivity index (χ4v) is 3.79. The minimum absolute atomic E-state index is 0.0663. The lowest BCUT2D eigenvalue weighted by Crippen LogP contribution is -2.26. The standard InChI is InChI=1S/C19H17FN4OS/c1-11(19-24-15-10-12(20)6-7-16(15)26-19)21-18(25)9-8-17-22-13-4-2-3-5-14(13)23-17/h2-7,10-11H,8-9H2,1H3,(H,21,25)(H,22,23). The molecule has 1 amide bonds. The first-order valence-electron chi connectivity index (χ1n) is 8.37. The number of hydrogen-bond donors (Lipinski definition) is 2. The Bertz CT molecular complexity index is 1050. The average Bonchev–Trinajstić information content (AvgIpc) is 3.23. The van der Waals surface area contributed by atoms with Gasteiger partial charge >= 0.3 is 0 Å². The molecule has 0 aliphatic heterocycles. The Kier molecular flexibility index (Phi) is 4.38. The van der Waals surface area contributed by atoms with Gasteiger partial charge in [-0.2, -0.15) is 0 Å². The summed E-state index contributed by atoms with van der Waals surface area (Å²) in [4.78, 5) is 24.4. The molecule has 1 atom stereocenters. The molecule has 0 saturated carbocycles. The third-order valence-corrected chi connectivity index (χ3v) is 5.36. The number of amides is 1. The van der Waals surface area contributed by atoms with Gasteiger partial charge in [0, 0.05) is 18.9 Å². The van der Waals surface area contributed by atoms with Crippen LogP contribution in [-0.2, 0) is 11.2 Å². The van der Waals surface area contributed by atoms with Gasteiger partial charge in [-0.05, 0) is 31.2 Å². The Labute approximate surface area is 153 Å². The van der Waals surface area contributed by atoms with Crippen molar-refractivity contribution in [3.8, 4) is 0 Å². The summed E-state index contributed by atoms with van der Waals surface area (Å²) in [6.45, 7) is 1.88. The van der Waals surface area contributed by atoms with E-state index in [0.717, 1.165) is 26.6 Å². The molecule has 1 unspecified atom stereocenters. The number of nitrogens with one attached hydrogen (secondary N) is 2. The van der Waals surface area contributed by atoms with Crippen molar-refractivity contribution in [1.82, 2.24) is 20.3 Å². The summed E-state index contributed by atoms with van der Waals surface area (Å²) in [7, 11) is 0. The van der Waals surface area contributed by atoms with Crippen molar-refractivity contribution >= 4 is 38.5 Å². The van der Waals surface area contributed by atoms with E-state index in [4.69, 9.17) is 0 Å². The van der Waals surface area contributed by atoms with E-state index in [1.54, 1.807) is 6.07 Å². The van der Waals surface area contributed by atoms with Gasteiger partial charge in [0.2, 0.25) is 5.91 Å². The first-order chi connectivity index (χ1) is 12.6. The van der Waals surface area contributed by atoms with Crippen LogP contribution in [0.4, 0.5) is 4.39 Å². The van der Waals surface area contributed by atoms with Crippen LogP contribution in [0.2, 0.25) is 0 Å². The number of nitrogens with zero attached hydrogens (tertiary/aromatic N) is 2. The lowest BCUT2D eigenvalue weighted by atomic mass is 10.2. The number of H-pyrrole nitrogens is 1. The van der Waals surface area contributed by atoms with Crippen molar-refractivity contribution in [1.29, 1.82) is 0 Å². The summed E-state index contributed by atoms with van der Waals surface area (Å²) < 4.78 is 14.2. The number of benzene rings is 2. The highest BCUT2D eigenvalue weighted by Gasteiger charge is 2.15. The third-order valence-electron chi connectivity index (χ3n) is 4.14. The van der Waals surface area contributed by atoms with E-state index in [2.05, 4.69) is 20.3 Å². The van der Waals surface area contributed by atoms with Crippen molar-refractivity contribution in [2.24, 2.45) is 0 Å². The molecular formula is C19H17FN4OS. The zero-order valence-corrected chi connectivity index (χ0v) is 14.9. The Morgan fingerprint density at radius 3 is 2.92 bits per heavy atom. The molecule has 0 aliphatic rings. The number of aromatic amines is 1. The first kappa shape index (κ1) is 16.7. The van der Waals surface area contributed by atoms with Crippen LogP contribution < -0.4 is 5.32 Å². The number of thiazole rings is 1. The largest absolute Gasteiger partial charge is 0.347 e. The van der Waals surface area contributed by atoms with Crippen LogP contribution in [0, 0.1) is 5.82 Å². The molecule has 0 radical (unpaired) electrons. The molecule has 2 aromatic heterocycles. The van der Waals surface area contributed by atoms with Gasteiger partial charge in [-0.25, -0.2) is 14.4 Å². The van der Waals surface area contributed by atoms with Crippen LogP contribution in [-0.4, -0.2) is 20.9 Å². The fourth-order valence-electron chi connectivity index (χ4n) is 2.83. The number of rotatable bonds is 5. The number of imidazole rings is 1. The van der Waals surface area contributed by atoms with Gasteiger partial charge in [0.05, 0.1) is 27.3 Å². The second-order valence-electron chi connectivity index (χ2n) is 6.15. The van der Waals surface area contributed by atoms with Crippen molar-refractivity contribution < 1.29 is 9.18 Å². The smallest absolute Gasteiger partial charge is 0.220 e. The number of carbonyl (C=O) groups is 1. The Morgan fingerprint density at radius 2 is 2.08 bits per heavy atom. The van der Waals surface area contributed by atoms with Crippen LogP contribution in [0.25, 0.3) is 21.3 Å². The van der Waals surface area contributed by atoms with Gasteiger partial charge in [-0.1, -0.05) is 12.1 Å². The van der Waals surface area contributed by atoms with E-state index in [-0.39, 0.29) is 17.8 Å². The zero-order valence-electron chi connectivity index (χ0n) is 14.1. The minimum Gasteiger partial charge on any atom is -0.347 e. The first-order valence-corrected chi connectivity index (χ1v) is 9.19. The van der Waals surface area contributed by atoms with E-state index in [1.807, 2.05) is 31.2 Å². The third kappa shape index (κ3) is 3.43. The van der Waals surface area contributed by atoms with Crippen molar-refractivity contribution in [3.05, 3.63) is 59.1 Å². The topological polar surface area (TPSA) is 70.7 Å². The molecule has 2 N–H and O–H groups in total. The van der Waals surface area contributed by atoms with Crippen molar-refractivity contribution in [2.75, 3.05) is 0 Å². The molecule has 0 spiro atoms. The molecular weight excluding hydrogens is 351 g/mol. The predicted molar refractivity (Wildman–Crippen MR) is 101 cm³/mol. The minimum atomic E-state index is -0.308. The molecule has 26 heavy (non-hydrogen) atoms. The quantitative estimate of drug-likeness (QED) is 0.557. The maximum absolute atomic E-state index is 13.3. The van der Waals surface area contributed by atoms with E-state index in [1.165, 1.54) is 23.5 Å². The van der Waals surface area contributed by atoms with Crippen molar-refractivity contribution in [3.63, 3.8) is 0 Å². The number of fused-ring (bicyclic) bond motifs is 2. The second-order valence-corrected chi connectivity index (χ2v) is 7.22. The average molecular weight is 368 g/mol. The molecule has 132 valence electrons. The number of halogens is 1. The highest BCUT2D eigenvalue weighted by molar-refractivity contribution is 7.18. The van der Waals surface area contributed by atoms with E-state index in [9.17, 15) is 9.18 Å². The fraction of sp³-hybridized carbons (Fsp3) is 0.211. The Balaban J connectivity index is 1.38. The van der Waals surface area contributed by atoms with E-state index in [0.29, 0.717) is 18.4 Å². The normalized spacial score (nSPS) is 12.5. The maximum atomic E-state index is 13.3. The van der Waals surface area contributed by atoms with Crippen molar-refractivity contribution in [2.45, 2.75) is 25.8 Å². The monoisotopic (exact) mass is 368 g/mol. The lowest BCUT2D eigenvalue weighted by Gasteiger charge is -2.10. The Hall–Kier alpha value is -2.80. The van der Waals surface area contributed by atoms with Gasteiger partial charge in [-0.3, -0.25) is 4.79 Å². The molecule has 4 aromatic rings. The molecule has 0 saturated heterocycles. The number of hydrogen-bond acceptors (Lipinski definition) is 4. The molecule has 4 rings (SSSR count). The number of aryl methyl sites for hydroxylation is 1. The highest BCUT2D eigenvalue weighted by atomic mass is 32.1. The SMILES string of the molecule is CC(NC(=O)CCc1nc2ccccc2[nH]1)c1nc2cc(F)ccc2s1. The van der Waals surface area contributed by atoms with Gasteiger partial charge in [0.15, 0.2) is 0 Å². The summed E-state index contributed by atoms with van der Waals surface area (Å²) in [5, 5.41) is 3.72. The number of para-hydroxylation sites is 2. The summed E-state index contributed by atoms with van der Waals surface area (Å²) in [6, 6.07) is 12.1. The summed E-state index contributed by atoms with van der Waals surface area (Å²) in [6.07, 6.45) is 0.877. The van der Waals surface area contributed by atoms with Crippen LogP contribution in [0.15, 0.2) is 42.5 Å². The van der Waals surface area contributed by atoms with Gasteiger partial charge < -0.3 is 10.3 Å². The number of aromatic nitrogens is 3. The van der Waals surface area contributed by atoms with Gasteiger partial charge in [0.25, 0.3) is 0 Å². The molecule has 2 heterocycles. The molecule has 0 aliphatic carbocycles. The van der Waals surface area contributed by atoms with Crippen LogP contribution in [0.3, 0.4) is 0 Å². The maximum Gasteiger partial charge on any atom is 0.220 e. The zero-order chi connectivity index (χ0) is 18.1. The van der Waals surface area contributed by atoms with E-state index < -0.39 is 0 Å². The van der Waals surface area contributed by atoms with Gasteiger partial charge in [-0.15, -0.1) is 11.3 Å². The lowest BCUT2D eigenvalue weighted by molar-refractivity contribution is -0.121. The van der Waals surface area contributed by atoms with Crippen LogP contribution >= 0.6 is 11.3 Å². The second kappa shape index (κ2) is 6.84. The summed E-state index contributed by atoms with van der Waals surface area (Å²) >= 11 is 1.46. The summed E-state index contributed by atoms with van der Waals surface area (Å²) in [5.41, 5.74) is 2.49. The molecule has 0 fully saturated rings. The highest BCUT2D eigenvalue weighted by Crippen LogP contribution is 2.26. The summed E-state index contributed by atoms with van der Waals surface area (Å²) in [5.74, 6) is 0.421.